The quantitative estimate of drug-likeness (QED) is 0.0453. The summed E-state index contributed by atoms with van der Waals surface area (Å²) in [7, 11) is 0. The first-order chi connectivity index (χ1) is 30.9. The van der Waals surface area contributed by atoms with Gasteiger partial charge in [-0.3, -0.25) is 0 Å². The molecule has 2 aliphatic rings. The van der Waals surface area contributed by atoms with Crippen LogP contribution in [0.5, 0.6) is 12.0 Å². The molecule has 0 bridgehead atoms. The summed E-state index contributed by atoms with van der Waals surface area (Å²) >= 11 is 0. The molecule has 0 aromatic carbocycles. The molecule has 2 aromatic heterocycles. The first-order valence-electron chi connectivity index (χ1n) is 25.6. The molecule has 4 rings (SSSR count). The maximum atomic E-state index is 6.04. The van der Waals surface area contributed by atoms with Gasteiger partial charge in [0.25, 0.3) is 0 Å². The van der Waals surface area contributed by atoms with E-state index >= 15 is 0 Å². The maximum absolute atomic E-state index is 6.04. The number of rotatable bonds is 29. The van der Waals surface area contributed by atoms with Crippen molar-refractivity contribution in [3.63, 3.8) is 0 Å². The Kier molecular flexibility index (Phi) is 19.9. The van der Waals surface area contributed by atoms with Crippen molar-refractivity contribution in [1.82, 2.24) is 40.5 Å². The highest BCUT2D eigenvalue weighted by Crippen LogP contribution is 2.36. The lowest BCUT2D eigenvalue weighted by Crippen LogP contribution is -2.62. The standard InChI is InChI=1S/C52H94N12O2/c1-17-21-25-29-47(5,6)59-41-53-43(57-45(55-41)65-33-19-3)63(39-35-49(9,10)61-50(11,12)36-39)31-27-23-24-28-32-64(40-37-51(13,14)62-52(15,16)38-40)44-54-42(56-46(58-44)66-34-20-4)60-48(7,8)30-26-22-18-2/h19-20,39-40,61-62H,3-4,17-18,21-38H2,1-2,5-16H3,(H,53,55,57,59)(H,54,56,58,60). The van der Waals surface area contributed by atoms with Crippen molar-refractivity contribution >= 4 is 23.8 Å². The van der Waals surface area contributed by atoms with Gasteiger partial charge >= 0.3 is 12.0 Å². The molecule has 4 N–H and O–H groups in total. The van der Waals surface area contributed by atoms with Gasteiger partial charge in [-0.25, -0.2) is 0 Å². The van der Waals surface area contributed by atoms with Gasteiger partial charge in [0, 0.05) is 58.4 Å². The number of aromatic nitrogens is 6. The Morgan fingerprint density at radius 2 is 0.894 bits per heavy atom. The number of hydrogen-bond donors (Lipinski definition) is 4. The van der Waals surface area contributed by atoms with Crippen molar-refractivity contribution in [3.05, 3.63) is 25.3 Å². The Morgan fingerprint density at radius 3 is 1.21 bits per heavy atom. The fraction of sp³-hybridized carbons (Fsp3) is 0.808. The lowest BCUT2D eigenvalue weighted by molar-refractivity contribution is 0.156. The van der Waals surface area contributed by atoms with E-state index in [0.717, 1.165) is 90.1 Å². The zero-order chi connectivity index (χ0) is 48.8. The van der Waals surface area contributed by atoms with E-state index in [1.54, 1.807) is 12.2 Å². The monoisotopic (exact) mass is 919 g/mol. The van der Waals surface area contributed by atoms with Crippen LogP contribution in [0.1, 0.15) is 200 Å². The molecular formula is C52H94N12O2. The van der Waals surface area contributed by atoms with Gasteiger partial charge in [-0.1, -0.05) is 90.5 Å². The molecule has 66 heavy (non-hydrogen) atoms. The van der Waals surface area contributed by atoms with Crippen LogP contribution >= 0.6 is 0 Å². The summed E-state index contributed by atoms with van der Waals surface area (Å²) in [5.41, 5.74) is -0.620. The Morgan fingerprint density at radius 1 is 0.545 bits per heavy atom. The molecule has 14 heteroatoms. The third-order valence-corrected chi connectivity index (χ3v) is 12.9. The van der Waals surface area contributed by atoms with Crippen molar-refractivity contribution in [2.45, 2.75) is 245 Å². The molecular weight excluding hydrogens is 825 g/mol. The Balaban J connectivity index is 1.61. The van der Waals surface area contributed by atoms with Gasteiger partial charge in [0.15, 0.2) is 0 Å². The number of anilines is 4. The molecule has 0 spiro atoms. The molecule has 0 atom stereocenters. The second-order valence-electron chi connectivity index (χ2n) is 23.3. The average Bonchev–Trinajstić information content (AvgIpc) is 3.17. The van der Waals surface area contributed by atoms with Crippen molar-refractivity contribution in [2.24, 2.45) is 0 Å². The highest BCUT2D eigenvalue weighted by molar-refractivity contribution is 5.43. The van der Waals surface area contributed by atoms with Gasteiger partial charge in [-0.15, -0.1) is 0 Å². The maximum Gasteiger partial charge on any atom is 0.323 e. The van der Waals surface area contributed by atoms with Gasteiger partial charge in [0.1, 0.15) is 13.2 Å². The van der Waals surface area contributed by atoms with Crippen LogP contribution in [0.15, 0.2) is 25.3 Å². The number of ether oxygens (including phenoxy) is 2. The minimum Gasteiger partial charge on any atom is -0.459 e. The van der Waals surface area contributed by atoms with E-state index in [1.807, 2.05) is 0 Å². The summed E-state index contributed by atoms with van der Waals surface area (Å²) in [4.78, 5) is 34.7. The van der Waals surface area contributed by atoms with Gasteiger partial charge in [-0.05, 0) is 134 Å². The van der Waals surface area contributed by atoms with E-state index in [2.05, 4.69) is 141 Å². The van der Waals surface area contributed by atoms with Gasteiger partial charge in [0.2, 0.25) is 23.8 Å². The van der Waals surface area contributed by atoms with Crippen LogP contribution in [-0.2, 0) is 0 Å². The second kappa shape index (κ2) is 24.0. The first-order valence-corrected chi connectivity index (χ1v) is 25.6. The molecule has 0 amide bonds. The van der Waals surface area contributed by atoms with Gasteiger partial charge < -0.3 is 40.5 Å². The van der Waals surface area contributed by atoms with Crippen LogP contribution in [0.25, 0.3) is 0 Å². The molecule has 2 fully saturated rings. The summed E-state index contributed by atoms with van der Waals surface area (Å²) in [6.45, 7) is 41.9. The zero-order valence-corrected chi connectivity index (χ0v) is 44.3. The van der Waals surface area contributed by atoms with Crippen LogP contribution in [0.4, 0.5) is 23.8 Å². The lowest BCUT2D eigenvalue weighted by Gasteiger charge is -2.49. The minimum atomic E-state index is -0.189. The third kappa shape index (κ3) is 18.4. The topological polar surface area (TPSA) is 150 Å². The summed E-state index contributed by atoms with van der Waals surface area (Å²) in [6.07, 6.45) is 20.5. The van der Waals surface area contributed by atoms with Crippen LogP contribution in [-0.4, -0.2) is 102 Å². The SMILES string of the molecule is C=CCOc1nc(NC(C)(C)CCCCC)nc(N(CCCCCCN(c2nc(NC(C)(C)CCCCC)nc(OCC=C)n2)C2CC(C)(C)NC(C)(C)C2)C2CC(C)(C)NC(C)(C)C2)n1. The number of unbranched alkanes of at least 4 members (excludes halogenated alkanes) is 7. The summed E-state index contributed by atoms with van der Waals surface area (Å²) in [6, 6.07) is 1.09. The average molecular weight is 919 g/mol. The van der Waals surface area contributed by atoms with E-state index in [-0.39, 0.29) is 45.3 Å². The highest BCUT2D eigenvalue weighted by atomic mass is 16.5. The van der Waals surface area contributed by atoms with E-state index in [0.29, 0.717) is 49.0 Å². The van der Waals surface area contributed by atoms with Crippen LogP contribution in [0.3, 0.4) is 0 Å². The van der Waals surface area contributed by atoms with Crippen molar-refractivity contribution in [3.8, 4) is 12.0 Å². The van der Waals surface area contributed by atoms with Crippen molar-refractivity contribution in [2.75, 3.05) is 46.7 Å². The second-order valence-corrected chi connectivity index (χ2v) is 23.3. The smallest absolute Gasteiger partial charge is 0.323 e. The lowest BCUT2D eigenvalue weighted by atomic mass is 9.79. The van der Waals surface area contributed by atoms with E-state index in [9.17, 15) is 0 Å². The fourth-order valence-electron chi connectivity index (χ4n) is 10.6. The molecule has 0 saturated carbocycles. The summed E-state index contributed by atoms with van der Waals surface area (Å²) in [5.74, 6) is 2.44. The third-order valence-electron chi connectivity index (χ3n) is 12.9. The first kappa shape index (κ1) is 54.8. The van der Waals surface area contributed by atoms with Crippen molar-refractivity contribution < 1.29 is 9.47 Å². The number of piperidine rings is 2. The Hall–Kier alpha value is -3.78. The molecule has 4 heterocycles. The molecule has 0 radical (unpaired) electrons. The summed E-state index contributed by atoms with van der Waals surface area (Å²) in [5, 5.41) is 15.1. The zero-order valence-electron chi connectivity index (χ0n) is 44.3. The normalized spacial score (nSPS) is 18.3. The molecule has 0 unspecified atom stereocenters. The predicted molar refractivity (Wildman–Crippen MR) is 277 cm³/mol. The molecule has 14 nitrogen and oxygen atoms in total. The molecule has 2 aromatic rings. The van der Waals surface area contributed by atoms with Crippen molar-refractivity contribution in [1.29, 1.82) is 0 Å². The molecule has 2 saturated heterocycles. The van der Waals surface area contributed by atoms with Gasteiger partial charge in [0.05, 0.1) is 0 Å². The molecule has 374 valence electrons. The Labute approximate surface area is 401 Å². The fourth-order valence-corrected chi connectivity index (χ4v) is 10.6. The molecule has 0 aliphatic carbocycles. The Bertz CT molecular complexity index is 1650. The van der Waals surface area contributed by atoms with E-state index in [1.165, 1.54) is 25.7 Å². The highest BCUT2D eigenvalue weighted by Gasteiger charge is 2.42. The number of nitrogens with one attached hydrogen (secondary N) is 4. The summed E-state index contributed by atoms with van der Waals surface area (Å²) < 4.78 is 12.1. The minimum absolute atomic E-state index is 0.0603. The van der Waals surface area contributed by atoms with E-state index in [4.69, 9.17) is 39.4 Å². The van der Waals surface area contributed by atoms with E-state index < -0.39 is 0 Å². The van der Waals surface area contributed by atoms with Crippen LogP contribution in [0.2, 0.25) is 0 Å². The number of hydrogen-bond acceptors (Lipinski definition) is 14. The van der Waals surface area contributed by atoms with Gasteiger partial charge in [-0.2, -0.15) is 29.9 Å². The molecule has 2 aliphatic heterocycles. The van der Waals surface area contributed by atoms with Crippen LogP contribution in [0, 0.1) is 0 Å². The van der Waals surface area contributed by atoms with Crippen LogP contribution < -0.4 is 40.5 Å². The predicted octanol–water partition coefficient (Wildman–Crippen LogP) is 11.2. The largest absolute Gasteiger partial charge is 0.459 e. The number of nitrogens with zero attached hydrogens (tertiary/aromatic N) is 8.